The van der Waals surface area contributed by atoms with Gasteiger partial charge < -0.3 is 9.64 Å². The summed E-state index contributed by atoms with van der Waals surface area (Å²) in [5, 5.41) is 1.00. The van der Waals surface area contributed by atoms with E-state index in [9.17, 15) is 21.6 Å². The fraction of sp³-hybridized carbons (Fsp3) is 0.0526. The molecule has 0 fully saturated rings. The molecule has 0 bridgehead atoms. The van der Waals surface area contributed by atoms with E-state index in [0.717, 1.165) is 23.7 Å². The number of aromatic nitrogens is 1. The molecule has 0 saturated carbocycles. The molecule has 1 aromatic heterocycles. The van der Waals surface area contributed by atoms with Gasteiger partial charge in [-0.1, -0.05) is 12.1 Å². The van der Waals surface area contributed by atoms with E-state index in [1.165, 1.54) is 6.20 Å². The molecule has 0 atom stereocenters. The second-order valence-corrected chi connectivity index (χ2v) is 7.54. The van der Waals surface area contributed by atoms with Crippen LogP contribution in [0.3, 0.4) is 0 Å². The summed E-state index contributed by atoms with van der Waals surface area (Å²) in [6.07, 6.45) is 3.06. The van der Waals surface area contributed by atoms with Gasteiger partial charge in [-0.3, -0.25) is 0 Å². The van der Waals surface area contributed by atoms with Gasteiger partial charge in [0.15, 0.2) is 5.84 Å². The largest absolute Gasteiger partial charge is 0.439 e. The molecule has 0 aliphatic carbocycles. The van der Waals surface area contributed by atoms with Crippen LogP contribution in [0.1, 0.15) is 11.1 Å². The number of ether oxygens (including phenoxy) is 1. The van der Waals surface area contributed by atoms with Crippen molar-refractivity contribution in [2.45, 2.75) is 6.18 Å². The van der Waals surface area contributed by atoms with Gasteiger partial charge in [0.05, 0.1) is 11.0 Å². The number of hydrogen-bond donors (Lipinski definition) is 0. The Labute approximate surface area is 164 Å². The summed E-state index contributed by atoms with van der Waals surface area (Å²) in [6.45, 7) is 0. The lowest BCUT2D eigenvalue weighted by atomic mass is 10.0. The highest BCUT2D eigenvalue weighted by atomic mass is 32.2. The van der Waals surface area contributed by atoms with Gasteiger partial charge in [0, 0.05) is 30.2 Å². The number of halogens is 3. The fourth-order valence-corrected chi connectivity index (χ4v) is 3.50. The summed E-state index contributed by atoms with van der Waals surface area (Å²) in [7, 11) is -3.69. The standard InChI is InChI=1S/C19H12F3N3O3S/c20-19(21,22)14-7-8-23-17(12-14)28-15-5-3-13(4-6-15)16-2-1-9-25-10-11-29(26,27)24-18(16)25/h1-12H. The molecule has 0 N–H and O–H groups in total. The molecule has 148 valence electrons. The van der Waals surface area contributed by atoms with Crippen LogP contribution in [-0.2, 0) is 16.2 Å². The van der Waals surface area contributed by atoms with Gasteiger partial charge in [-0.15, -0.1) is 4.40 Å². The highest BCUT2D eigenvalue weighted by Gasteiger charge is 2.31. The molecule has 10 heteroatoms. The second kappa shape index (κ2) is 6.89. The molecule has 29 heavy (non-hydrogen) atoms. The van der Waals surface area contributed by atoms with Gasteiger partial charge in [-0.2, -0.15) is 21.6 Å². The summed E-state index contributed by atoms with van der Waals surface area (Å²) >= 11 is 0. The lowest BCUT2D eigenvalue weighted by Gasteiger charge is -2.25. The number of hydrogen-bond acceptors (Lipinski definition) is 5. The predicted octanol–water partition coefficient (Wildman–Crippen LogP) is 4.32. The lowest BCUT2D eigenvalue weighted by molar-refractivity contribution is -0.137. The zero-order valence-corrected chi connectivity index (χ0v) is 15.4. The van der Waals surface area contributed by atoms with Crippen LogP contribution >= 0.6 is 0 Å². The number of allylic oxidation sites excluding steroid dienone is 2. The number of benzene rings is 1. The minimum atomic E-state index is -4.49. The zero-order chi connectivity index (χ0) is 20.6. The first-order chi connectivity index (χ1) is 13.7. The first kappa shape index (κ1) is 18.9. The molecule has 2 aliphatic rings. The number of rotatable bonds is 3. The van der Waals surface area contributed by atoms with Crippen molar-refractivity contribution in [3.63, 3.8) is 0 Å². The van der Waals surface area contributed by atoms with Gasteiger partial charge in [-0.25, -0.2) is 4.98 Å². The molecule has 1 aromatic carbocycles. The van der Waals surface area contributed by atoms with Crippen LogP contribution in [0.5, 0.6) is 11.6 Å². The van der Waals surface area contributed by atoms with Gasteiger partial charge in [-0.05, 0) is 35.9 Å². The molecule has 4 rings (SSSR count). The highest BCUT2D eigenvalue weighted by molar-refractivity contribution is 7.93. The van der Waals surface area contributed by atoms with Crippen molar-refractivity contribution in [3.8, 4) is 11.6 Å². The Morgan fingerprint density at radius 1 is 1.03 bits per heavy atom. The molecule has 6 nitrogen and oxygen atoms in total. The molecule has 3 heterocycles. The fourth-order valence-electron chi connectivity index (χ4n) is 2.72. The summed E-state index contributed by atoms with van der Waals surface area (Å²) in [6, 6.07) is 8.08. The van der Waals surface area contributed by atoms with Gasteiger partial charge in [0.1, 0.15) is 5.75 Å². The number of nitrogens with zero attached hydrogens (tertiary/aromatic N) is 3. The Bertz CT molecular complexity index is 1180. The Hall–Kier alpha value is -3.40. The number of sulfonamides is 1. The minimum absolute atomic E-state index is 0.188. The molecule has 0 amide bonds. The predicted molar refractivity (Wildman–Crippen MR) is 100 cm³/mol. The van der Waals surface area contributed by atoms with Crippen molar-refractivity contribution in [2.24, 2.45) is 4.40 Å². The number of alkyl halides is 3. The van der Waals surface area contributed by atoms with Gasteiger partial charge >= 0.3 is 6.18 Å². The van der Waals surface area contributed by atoms with E-state index in [4.69, 9.17) is 4.74 Å². The van der Waals surface area contributed by atoms with Gasteiger partial charge in [0.25, 0.3) is 10.0 Å². The number of fused-ring (bicyclic) bond motifs is 1. The topological polar surface area (TPSA) is 71.9 Å². The maximum absolute atomic E-state index is 12.8. The van der Waals surface area contributed by atoms with Crippen LogP contribution in [0, 0.1) is 0 Å². The van der Waals surface area contributed by atoms with Crippen molar-refractivity contribution in [1.29, 1.82) is 0 Å². The summed E-state index contributed by atoms with van der Waals surface area (Å²) in [4.78, 5) is 5.36. The molecule has 0 spiro atoms. The summed E-state index contributed by atoms with van der Waals surface area (Å²) in [5.41, 5.74) is 0.375. The second-order valence-electron chi connectivity index (χ2n) is 6.05. The normalized spacial score (nSPS) is 17.4. The maximum atomic E-state index is 12.8. The van der Waals surface area contributed by atoms with E-state index in [-0.39, 0.29) is 17.5 Å². The van der Waals surface area contributed by atoms with E-state index in [2.05, 4.69) is 9.38 Å². The third kappa shape index (κ3) is 4.06. The van der Waals surface area contributed by atoms with Crippen molar-refractivity contribution in [1.82, 2.24) is 9.88 Å². The Kier molecular flexibility index (Phi) is 4.50. The molecule has 2 aliphatic heterocycles. The molecular formula is C19H12F3N3O3S. The maximum Gasteiger partial charge on any atom is 0.416 e. The number of pyridine rings is 1. The highest BCUT2D eigenvalue weighted by Crippen LogP contribution is 2.32. The first-order valence-corrected chi connectivity index (χ1v) is 9.73. The van der Waals surface area contributed by atoms with Gasteiger partial charge in [0.2, 0.25) is 5.88 Å². The van der Waals surface area contributed by atoms with Crippen LogP contribution in [-0.4, -0.2) is 24.1 Å². The van der Waals surface area contributed by atoms with Crippen molar-refractivity contribution < 1.29 is 26.3 Å². The molecule has 0 radical (unpaired) electrons. The molecule has 0 unspecified atom stereocenters. The average molecular weight is 419 g/mol. The van der Waals surface area contributed by atoms with Crippen LogP contribution in [0.25, 0.3) is 5.57 Å². The third-order valence-corrected chi connectivity index (χ3v) is 4.95. The van der Waals surface area contributed by atoms with Crippen LogP contribution < -0.4 is 4.74 Å². The first-order valence-electron chi connectivity index (χ1n) is 8.23. The molecule has 0 saturated heterocycles. The zero-order valence-electron chi connectivity index (χ0n) is 14.5. The van der Waals surface area contributed by atoms with E-state index in [1.54, 1.807) is 47.5 Å². The molecule has 2 aromatic rings. The van der Waals surface area contributed by atoms with Crippen molar-refractivity contribution in [2.75, 3.05) is 0 Å². The van der Waals surface area contributed by atoms with E-state index in [1.807, 2.05) is 0 Å². The van der Waals surface area contributed by atoms with Crippen LogP contribution in [0.15, 0.2) is 77.0 Å². The number of amidine groups is 1. The summed E-state index contributed by atoms with van der Waals surface area (Å²) in [5.74, 6) is 0.345. The minimum Gasteiger partial charge on any atom is -0.439 e. The molecular weight excluding hydrogens is 407 g/mol. The van der Waals surface area contributed by atoms with E-state index < -0.39 is 21.8 Å². The Morgan fingerprint density at radius 3 is 2.52 bits per heavy atom. The van der Waals surface area contributed by atoms with Crippen molar-refractivity contribution >= 4 is 21.4 Å². The SMILES string of the molecule is O=S1(=O)C=CN2C=CC=C(c3ccc(Oc4cc(C(F)(F)F)ccn4)cc3)C2=N1. The van der Waals surface area contributed by atoms with E-state index >= 15 is 0 Å². The third-order valence-electron chi connectivity index (χ3n) is 4.05. The smallest absolute Gasteiger partial charge is 0.416 e. The average Bonchev–Trinajstić information content (AvgIpc) is 2.67. The Morgan fingerprint density at radius 2 is 1.79 bits per heavy atom. The van der Waals surface area contributed by atoms with Crippen molar-refractivity contribution in [3.05, 3.63) is 83.7 Å². The van der Waals surface area contributed by atoms with E-state index in [0.29, 0.717) is 11.1 Å². The lowest BCUT2D eigenvalue weighted by Crippen LogP contribution is -2.27. The quantitative estimate of drug-likeness (QED) is 0.741. The van der Waals surface area contributed by atoms with Crippen LogP contribution in [0.2, 0.25) is 0 Å². The Balaban J connectivity index is 1.58. The summed E-state index contributed by atoms with van der Waals surface area (Å²) < 4.78 is 71.1. The van der Waals surface area contributed by atoms with Crippen LogP contribution in [0.4, 0.5) is 13.2 Å². The monoisotopic (exact) mass is 419 g/mol.